The zero-order valence-electron chi connectivity index (χ0n) is 13.8. The summed E-state index contributed by atoms with van der Waals surface area (Å²) in [5, 5.41) is 3.75. The highest BCUT2D eigenvalue weighted by Gasteiger charge is 2.35. The Morgan fingerprint density at radius 2 is 1.65 bits per heavy atom. The van der Waals surface area contributed by atoms with Gasteiger partial charge in [-0.25, -0.2) is 4.68 Å². The van der Waals surface area contributed by atoms with E-state index in [1.165, 1.54) is 11.8 Å². The number of nitrogens with zero attached hydrogens (tertiary/aromatic N) is 2. The Hall–Kier alpha value is -2.51. The maximum atomic E-state index is 13.1. The summed E-state index contributed by atoms with van der Waals surface area (Å²) in [6, 6.07) is 14.7. The molecule has 0 amide bonds. The van der Waals surface area contributed by atoms with E-state index in [4.69, 9.17) is 10.5 Å². The summed E-state index contributed by atoms with van der Waals surface area (Å²) in [5.41, 5.74) is 7.00. The molecule has 2 N–H and O–H groups in total. The molecule has 4 nitrogen and oxygen atoms in total. The lowest BCUT2D eigenvalue weighted by Gasteiger charge is -2.09. The van der Waals surface area contributed by atoms with Crippen molar-refractivity contribution in [3.05, 3.63) is 65.9 Å². The Bertz CT molecular complexity index is 794. The molecule has 0 bridgehead atoms. The van der Waals surface area contributed by atoms with E-state index in [0.29, 0.717) is 29.2 Å². The monoisotopic (exact) mass is 383 g/mol. The molecule has 0 fully saturated rings. The maximum absolute atomic E-state index is 13.1. The standard InChI is InChI=1S/C18H16F3N3O.ClH/c1-25-15-8-6-14(7-9-15)24-16(10-17(23-24)18(19,20)21)13-4-2-12(11-22)3-5-13;/h2-10H,11,22H2,1H3;1H. The Balaban J connectivity index is 0.00000243. The van der Waals surface area contributed by atoms with Crippen molar-refractivity contribution >= 4 is 12.4 Å². The van der Waals surface area contributed by atoms with E-state index in [0.717, 1.165) is 11.6 Å². The Morgan fingerprint density at radius 3 is 2.15 bits per heavy atom. The van der Waals surface area contributed by atoms with Crippen LogP contribution in [-0.4, -0.2) is 16.9 Å². The third-order valence-corrected chi connectivity index (χ3v) is 3.80. The number of alkyl halides is 3. The molecule has 26 heavy (non-hydrogen) atoms. The molecular formula is C18H17ClF3N3O. The molecule has 0 aliphatic rings. The second-order valence-corrected chi connectivity index (χ2v) is 5.42. The predicted octanol–water partition coefficient (Wildman–Crippen LogP) is 4.45. The average Bonchev–Trinajstić information content (AvgIpc) is 3.07. The zero-order chi connectivity index (χ0) is 18.0. The maximum Gasteiger partial charge on any atom is 0.435 e. The van der Waals surface area contributed by atoms with E-state index < -0.39 is 11.9 Å². The number of rotatable bonds is 4. The van der Waals surface area contributed by atoms with E-state index in [2.05, 4.69) is 5.10 Å². The molecule has 8 heteroatoms. The molecule has 2 aromatic carbocycles. The molecule has 3 aromatic rings. The van der Waals surface area contributed by atoms with Gasteiger partial charge < -0.3 is 10.5 Å². The number of methoxy groups -OCH3 is 1. The molecule has 1 heterocycles. The SMILES string of the molecule is COc1ccc(-n2nc(C(F)(F)F)cc2-c2ccc(CN)cc2)cc1.Cl. The van der Waals surface area contributed by atoms with Gasteiger partial charge in [-0.2, -0.15) is 18.3 Å². The summed E-state index contributed by atoms with van der Waals surface area (Å²) in [6.07, 6.45) is -4.52. The molecule has 1 aromatic heterocycles. The lowest BCUT2D eigenvalue weighted by molar-refractivity contribution is -0.141. The second kappa shape index (κ2) is 7.80. The first-order valence-electron chi connectivity index (χ1n) is 7.53. The third-order valence-electron chi connectivity index (χ3n) is 3.80. The van der Waals surface area contributed by atoms with Gasteiger partial charge in [-0.1, -0.05) is 24.3 Å². The molecule has 0 aliphatic carbocycles. The van der Waals surface area contributed by atoms with Gasteiger partial charge in [0.05, 0.1) is 18.5 Å². The lowest BCUT2D eigenvalue weighted by Crippen LogP contribution is -2.07. The Morgan fingerprint density at radius 1 is 1.04 bits per heavy atom. The van der Waals surface area contributed by atoms with Crippen molar-refractivity contribution in [2.24, 2.45) is 5.73 Å². The first-order chi connectivity index (χ1) is 11.9. The molecule has 0 atom stereocenters. The number of ether oxygens (including phenoxy) is 1. The van der Waals surface area contributed by atoms with Crippen LogP contribution in [0.2, 0.25) is 0 Å². The molecule has 0 radical (unpaired) electrons. The highest BCUT2D eigenvalue weighted by Crippen LogP contribution is 2.33. The van der Waals surface area contributed by atoms with Crippen LogP contribution in [0.25, 0.3) is 16.9 Å². The van der Waals surface area contributed by atoms with Crippen LogP contribution in [0, 0.1) is 0 Å². The van der Waals surface area contributed by atoms with Crippen molar-refractivity contribution in [1.82, 2.24) is 9.78 Å². The van der Waals surface area contributed by atoms with Gasteiger partial charge in [0.15, 0.2) is 5.69 Å². The minimum absolute atomic E-state index is 0. The van der Waals surface area contributed by atoms with E-state index in [1.54, 1.807) is 48.5 Å². The highest BCUT2D eigenvalue weighted by molar-refractivity contribution is 5.85. The summed E-state index contributed by atoms with van der Waals surface area (Å²) in [5.74, 6) is 0.612. The van der Waals surface area contributed by atoms with Gasteiger partial charge in [-0.05, 0) is 35.9 Å². The highest BCUT2D eigenvalue weighted by atomic mass is 35.5. The zero-order valence-corrected chi connectivity index (χ0v) is 14.6. The first-order valence-corrected chi connectivity index (χ1v) is 7.53. The fourth-order valence-electron chi connectivity index (χ4n) is 2.46. The van der Waals surface area contributed by atoms with E-state index in [1.807, 2.05) is 0 Å². The minimum atomic E-state index is -4.52. The molecule has 0 saturated carbocycles. The van der Waals surface area contributed by atoms with Crippen LogP contribution in [0.3, 0.4) is 0 Å². The lowest BCUT2D eigenvalue weighted by atomic mass is 10.1. The summed E-state index contributed by atoms with van der Waals surface area (Å²) in [7, 11) is 1.52. The fourth-order valence-corrected chi connectivity index (χ4v) is 2.46. The first kappa shape index (κ1) is 19.8. The number of halogens is 4. The number of nitrogens with two attached hydrogens (primary N) is 1. The van der Waals surface area contributed by atoms with Crippen LogP contribution in [0.5, 0.6) is 5.75 Å². The Kier molecular flexibility index (Phi) is 5.94. The fraction of sp³-hybridized carbons (Fsp3) is 0.167. The predicted molar refractivity (Wildman–Crippen MR) is 95.7 cm³/mol. The summed E-state index contributed by atoms with van der Waals surface area (Å²) in [4.78, 5) is 0. The van der Waals surface area contributed by atoms with Crippen molar-refractivity contribution in [2.75, 3.05) is 7.11 Å². The summed E-state index contributed by atoms with van der Waals surface area (Å²) >= 11 is 0. The summed E-state index contributed by atoms with van der Waals surface area (Å²) in [6.45, 7) is 0.367. The van der Waals surface area contributed by atoms with E-state index in [-0.39, 0.29) is 12.4 Å². The summed E-state index contributed by atoms with van der Waals surface area (Å²) < 4.78 is 45.8. The number of benzene rings is 2. The number of hydrogen-bond donors (Lipinski definition) is 1. The van der Waals surface area contributed by atoms with Gasteiger partial charge in [-0.3, -0.25) is 0 Å². The van der Waals surface area contributed by atoms with Crippen LogP contribution in [-0.2, 0) is 12.7 Å². The smallest absolute Gasteiger partial charge is 0.435 e. The van der Waals surface area contributed by atoms with Crippen LogP contribution >= 0.6 is 12.4 Å². The van der Waals surface area contributed by atoms with E-state index >= 15 is 0 Å². The van der Waals surface area contributed by atoms with Crippen LogP contribution in [0.4, 0.5) is 13.2 Å². The van der Waals surface area contributed by atoms with Crippen molar-refractivity contribution in [2.45, 2.75) is 12.7 Å². The van der Waals surface area contributed by atoms with Crippen molar-refractivity contribution < 1.29 is 17.9 Å². The minimum Gasteiger partial charge on any atom is -0.497 e. The normalized spacial score (nSPS) is 11.1. The molecule has 0 aliphatic heterocycles. The molecule has 0 spiro atoms. The van der Waals surface area contributed by atoms with E-state index in [9.17, 15) is 13.2 Å². The quantitative estimate of drug-likeness (QED) is 0.724. The third kappa shape index (κ3) is 4.00. The van der Waals surface area contributed by atoms with Gasteiger partial charge in [0.1, 0.15) is 5.75 Å². The molecule has 138 valence electrons. The number of aromatic nitrogens is 2. The Labute approximate surface area is 154 Å². The van der Waals surface area contributed by atoms with Crippen molar-refractivity contribution in [3.63, 3.8) is 0 Å². The second-order valence-electron chi connectivity index (χ2n) is 5.42. The van der Waals surface area contributed by atoms with Gasteiger partial charge in [-0.15, -0.1) is 12.4 Å². The largest absolute Gasteiger partial charge is 0.497 e. The van der Waals surface area contributed by atoms with Gasteiger partial charge in [0.25, 0.3) is 0 Å². The van der Waals surface area contributed by atoms with Crippen LogP contribution < -0.4 is 10.5 Å². The van der Waals surface area contributed by atoms with Gasteiger partial charge >= 0.3 is 6.18 Å². The molecule has 0 saturated heterocycles. The molecular weight excluding hydrogens is 367 g/mol. The van der Waals surface area contributed by atoms with Crippen LogP contribution in [0.15, 0.2) is 54.6 Å². The molecule has 0 unspecified atom stereocenters. The number of hydrogen-bond acceptors (Lipinski definition) is 3. The van der Waals surface area contributed by atoms with Crippen molar-refractivity contribution in [1.29, 1.82) is 0 Å². The van der Waals surface area contributed by atoms with Crippen molar-refractivity contribution in [3.8, 4) is 22.7 Å². The van der Waals surface area contributed by atoms with Crippen LogP contribution in [0.1, 0.15) is 11.3 Å². The molecule has 3 rings (SSSR count). The van der Waals surface area contributed by atoms with Gasteiger partial charge in [0.2, 0.25) is 0 Å². The average molecular weight is 384 g/mol. The van der Waals surface area contributed by atoms with Gasteiger partial charge in [0, 0.05) is 12.1 Å². The topological polar surface area (TPSA) is 53.1 Å².